The minimum absolute atomic E-state index is 0.0220. The predicted molar refractivity (Wildman–Crippen MR) is 108 cm³/mol. The molecule has 0 unspecified atom stereocenters. The van der Waals surface area contributed by atoms with Gasteiger partial charge < -0.3 is 25.2 Å². The molecule has 0 aliphatic rings. The molecular weight excluding hydrogens is 388 g/mol. The SMILES string of the molecule is O=C(OCc1ccccc1)c1cc(CCC(=O)c2c(O)cc(O)cc2O)ccc1O. The van der Waals surface area contributed by atoms with E-state index in [-0.39, 0.29) is 42.1 Å². The Morgan fingerprint density at radius 3 is 2.10 bits per heavy atom. The number of rotatable bonds is 7. The Morgan fingerprint density at radius 2 is 1.43 bits per heavy atom. The summed E-state index contributed by atoms with van der Waals surface area (Å²) in [6.45, 7) is 0.0568. The van der Waals surface area contributed by atoms with E-state index in [1.54, 1.807) is 6.07 Å². The van der Waals surface area contributed by atoms with E-state index in [1.807, 2.05) is 30.3 Å². The van der Waals surface area contributed by atoms with Gasteiger partial charge in [0.2, 0.25) is 0 Å². The molecule has 0 radical (unpaired) electrons. The van der Waals surface area contributed by atoms with Crippen molar-refractivity contribution >= 4 is 11.8 Å². The maximum absolute atomic E-state index is 12.4. The van der Waals surface area contributed by atoms with Crippen LogP contribution in [0.1, 0.15) is 38.3 Å². The summed E-state index contributed by atoms with van der Waals surface area (Å²) < 4.78 is 5.23. The first-order chi connectivity index (χ1) is 14.3. The molecular formula is C23H20O7. The first kappa shape index (κ1) is 20.7. The highest BCUT2D eigenvalue weighted by molar-refractivity contribution is 6.01. The van der Waals surface area contributed by atoms with Gasteiger partial charge >= 0.3 is 5.97 Å². The molecule has 0 amide bonds. The van der Waals surface area contributed by atoms with Crippen molar-refractivity contribution in [3.05, 3.63) is 82.9 Å². The van der Waals surface area contributed by atoms with E-state index in [9.17, 15) is 30.0 Å². The minimum atomic E-state index is -0.696. The predicted octanol–water partition coefficient (Wildman–Crippen LogP) is 3.68. The molecule has 0 aromatic heterocycles. The van der Waals surface area contributed by atoms with Gasteiger partial charge in [0.25, 0.3) is 0 Å². The van der Waals surface area contributed by atoms with E-state index >= 15 is 0 Å². The number of hydrogen-bond acceptors (Lipinski definition) is 7. The van der Waals surface area contributed by atoms with Gasteiger partial charge in [-0.15, -0.1) is 0 Å². The van der Waals surface area contributed by atoms with E-state index in [4.69, 9.17) is 4.74 Å². The van der Waals surface area contributed by atoms with Crippen LogP contribution in [0.4, 0.5) is 0 Å². The molecule has 30 heavy (non-hydrogen) atoms. The van der Waals surface area contributed by atoms with Crippen LogP contribution in [0.3, 0.4) is 0 Å². The maximum atomic E-state index is 12.4. The lowest BCUT2D eigenvalue weighted by Gasteiger charge is -2.10. The zero-order chi connectivity index (χ0) is 21.7. The lowest BCUT2D eigenvalue weighted by molar-refractivity contribution is 0.0469. The number of phenolic OH excluding ortho intramolecular Hbond substituents is 4. The van der Waals surface area contributed by atoms with Gasteiger partial charge in [-0.25, -0.2) is 4.79 Å². The lowest BCUT2D eigenvalue weighted by atomic mass is 9.99. The second-order valence-electron chi connectivity index (χ2n) is 6.70. The van der Waals surface area contributed by atoms with Gasteiger partial charge in [-0.2, -0.15) is 0 Å². The third-order valence-electron chi connectivity index (χ3n) is 4.49. The standard InChI is InChI=1S/C23H20O7/c24-16-11-20(27)22(21(28)12-16)19(26)9-7-14-6-8-18(25)17(10-14)23(29)30-13-15-4-2-1-3-5-15/h1-6,8,10-12,24-25,27-28H,7,9,13H2. The van der Waals surface area contributed by atoms with Crippen LogP contribution in [-0.4, -0.2) is 32.2 Å². The first-order valence-electron chi connectivity index (χ1n) is 9.16. The summed E-state index contributed by atoms with van der Waals surface area (Å²) in [6.07, 6.45) is 0.118. The van der Waals surface area contributed by atoms with Crippen LogP contribution in [0.2, 0.25) is 0 Å². The normalized spacial score (nSPS) is 10.5. The molecule has 0 heterocycles. The van der Waals surface area contributed by atoms with Crippen LogP contribution in [0, 0.1) is 0 Å². The molecule has 7 nitrogen and oxygen atoms in total. The number of carbonyl (C=O) groups excluding carboxylic acids is 2. The average molecular weight is 408 g/mol. The van der Waals surface area contributed by atoms with Crippen LogP contribution in [0.5, 0.6) is 23.0 Å². The molecule has 0 aliphatic carbocycles. The van der Waals surface area contributed by atoms with Crippen molar-refractivity contribution in [1.29, 1.82) is 0 Å². The molecule has 3 aromatic carbocycles. The fraction of sp³-hybridized carbons (Fsp3) is 0.130. The van der Waals surface area contributed by atoms with Crippen LogP contribution < -0.4 is 0 Å². The van der Waals surface area contributed by atoms with Gasteiger partial charge in [-0.1, -0.05) is 36.4 Å². The third-order valence-corrected chi connectivity index (χ3v) is 4.49. The molecule has 0 saturated heterocycles. The van der Waals surface area contributed by atoms with Gasteiger partial charge in [-0.3, -0.25) is 4.79 Å². The molecule has 3 rings (SSSR count). The number of hydrogen-bond donors (Lipinski definition) is 4. The molecule has 0 fully saturated rings. The van der Waals surface area contributed by atoms with Crippen molar-refractivity contribution in [3.63, 3.8) is 0 Å². The van der Waals surface area contributed by atoms with Crippen LogP contribution in [0.15, 0.2) is 60.7 Å². The van der Waals surface area contributed by atoms with Crippen LogP contribution in [-0.2, 0) is 17.8 Å². The van der Waals surface area contributed by atoms with Gasteiger partial charge in [0.1, 0.15) is 40.7 Å². The second-order valence-corrected chi connectivity index (χ2v) is 6.70. The summed E-state index contributed by atoms with van der Waals surface area (Å²) in [4.78, 5) is 24.7. The number of carbonyl (C=O) groups is 2. The van der Waals surface area contributed by atoms with E-state index < -0.39 is 23.3 Å². The average Bonchev–Trinajstić information content (AvgIpc) is 2.71. The Balaban J connectivity index is 1.68. The van der Waals surface area contributed by atoms with Crippen molar-refractivity contribution in [2.75, 3.05) is 0 Å². The highest BCUT2D eigenvalue weighted by atomic mass is 16.5. The Bertz CT molecular complexity index is 1050. The van der Waals surface area contributed by atoms with Gasteiger partial charge in [0.15, 0.2) is 5.78 Å². The fourth-order valence-electron chi connectivity index (χ4n) is 2.97. The molecule has 0 saturated carbocycles. The van der Waals surface area contributed by atoms with Gasteiger partial charge in [-0.05, 0) is 29.7 Å². The Morgan fingerprint density at radius 1 is 0.767 bits per heavy atom. The summed E-state index contributed by atoms with van der Waals surface area (Å²) >= 11 is 0. The van der Waals surface area contributed by atoms with E-state index in [0.29, 0.717) is 5.56 Å². The van der Waals surface area contributed by atoms with Crippen molar-refractivity contribution < 1.29 is 34.8 Å². The Labute approximate surface area is 172 Å². The molecule has 0 aliphatic heterocycles. The van der Waals surface area contributed by atoms with Crippen molar-refractivity contribution in [3.8, 4) is 23.0 Å². The van der Waals surface area contributed by atoms with Gasteiger partial charge in [0.05, 0.1) is 0 Å². The number of phenols is 4. The molecule has 0 bridgehead atoms. The maximum Gasteiger partial charge on any atom is 0.342 e. The monoisotopic (exact) mass is 408 g/mol. The van der Waals surface area contributed by atoms with Crippen LogP contribution in [0.25, 0.3) is 0 Å². The first-order valence-corrected chi connectivity index (χ1v) is 9.16. The van der Waals surface area contributed by atoms with Crippen LogP contribution >= 0.6 is 0 Å². The number of esters is 1. The molecule has 7 heteroatoms. The number of aryl methyl sites for hydroxylation is 1. The molecule has 0 spiro atoms. The smallest absolute Gasteiger partial charge is 0.342 e. The largest absolute Gasteiger partial charge is 0.508 e. The number of aromatic hydroxyl groups is 4. The molecule has 0 atom stereocenters. The van der Waals surface area contributed by atoms with E-state index in [1.165, 1.54) is 12.1 Å². The van der Waals surface area contributed by atoms with Gasteiger partial charge in [0, 0.05) is 18.6 Å². The van der Waals surface area contributed by atoms with E-state index in [0.717, 1.165) is 17.7 Å². The highest BCUT2D eigenvalue weighted by Gasteiger charge is 2.19. The molecule has 3 aromatic rings. The summed E-state index contributed by atoms with van der Waals surface area (Å²) in [5.74, 6) is -2.87. The van der Waals surface area contributed by atoms with Crippen molar-refractivity contribution in [2.24, 2.45) is 0 Å². The number of ether oxygens (including phenoxy) is 1. The summed E-state index contributed by atoms with van der Waals surface area (Å²) in [5, 5.41) is 39.0. The van der Waals surface area contributed by atoms with Crippen molar-refractivity contribution in [1.82, 2.24) is 0 Å². The number of Topliss-reactive ketones (excluding diaryl/α,β-unsaturated/α-hetero) is 1. The summed E-state index contributed by atoms with van der Waals surface area (Å²) in [5.41, 5.74) is 1.09. The summed E-state index contributed by atoms with van der Waals surface area (Å²) in [6, 6.07) is 15.4. The Kier molecular flexibility index (Phi) is 6.22. The second kappa shape index (κ2) is 9.00. The molecule has 4 N–H and O–H groups in total. The quantitative estimate of drug-likeness (QED) is 0.347. The van der Waals surface area contributed by atoms with Crippen molar-refractivity contribution in [2.45, 2.75) is 19.4 Å². The third kappa shape index (κ3) is 4.88. The Hall–Kier alpha value is -4.00. The lowest BCUT2D eigenvalue weighted by Crippen LogP contribution is -2.07. The zero-order valence-corrected chi connectivity index (χ0v) is 15.9. The number of ketones is 1. The summed E-state index contributed by atoms with van der Waals surface area (Å²) in [7, 11) is 0. The number of benzene rings is 3. The molecule has 154 valence electrons. The highest BCUT2D eigenvalue weighted by Crippen LogP contribution is 2.33. The minimum Gasteiger partial charge on any atom is -0.508 e. The topological polar surface area (TPSA) is 124 Å². The van der Waals surface area contributed by atoms with E-state index in [2.05, 4.69) is 0 Å². The zero-order valence-electron chi connectivity index (χ0n) is 15.9. The fourth-order valence-corrected chi connectivity index (χ4v) is 2.97.